The third-order valence-corrected chi connectivity index (χ3v) is 5.49. The Balaban J connectivity index is 1.92. The number of urea groups is 1. The molecule has 0 radical (unpaired) electrons. The highest BCUT2D eigenvalue weighted by atomic mass is 35.5. The van der Waals surface area contributed by atoms with Crippen molar-refractivity contribution in [2.75, 3.05) is 27.2 Å². The maximum Gasteiger partial charge on any atom is 0.322 e. The van der Waals surface area contributed by atoms with Crippen LogP contribution in [0.25, 0.3) is 0 Å². The first kappa shape index (κ1) is 19.2. The van der Waals surface area contributed by atoms with E-state index in [-0.39, 0.29) is 37.0 Å². The summed E-state index contributed by atoms with van der Waals surface area (Å²) in [6.07, 6.45) is 0. The summed E-state index contributed by atoms with van der Waals surface area (Å²) in [6, 6.07) is 6.22. The van der Waals surface area contributed by atoms with Crippen molar-refractivity contribution in [2.45, 2.75) is 25.9 Å². The molecule has 2 aliphatic rings. The van der Waals surface area contributed by atoms with Crippen LogP contribution in [0.15, 0.2) is 35.5 Å². The predicted molar refractivity (Wildman–Crippen MR) is 102 cm³/mol. The van der Waals surface area contributed by atoms with E-state index in [9.17, 15) is 14.4 Å². The van der Waals surface area contributed by atoms with Crippen molar-refractivity contribution >= 4 is 29.4 Å². The van der Waals surface area contributed by atoms with E-state index in [2.05, 4.69) is 5.32 Å². The molecule has 144 valence electrons. The van der Waals surface area contributed by atoms with Crippen molar-refractivity contribution in [1.29, 1.82) is 0 Å². The van der Waals surface area contributed by atoms with Crippen molar-refractivity contribution in [3.05, 3.63) is 46.1 Å². The van der Waals surface area contributed by atoms with Gasteiger partial charge in [-0.15, -0.1) is 0 Å². The van der Waals surface area contributed by atoms with Gasteiger partial charge in [-0.05, 0) is 25.5 Å². The van der Waals surface area contributed by atoms with Gasteiger partial charge >= 0.3 is 6.03 Å². The lowest BCUT2D eigenvalue weighted by atomic mass is 9.96. The third-order valence-electron chi connectivity index (χ3n) is 5.15. The SMILES string of the molecule is CC(C)N(C)C(=O)CN1CC2=C(C1=O)[C@@H](c1ccccc1Cl)NC(=O)N2C. The van der Waals surface area contributed by atoms with Crippen LogP contribution in [0.3, 0.4) is 0 Å². The highest BCUT2D eigenvalue weighted by Crippen LogP contribution is 2.37. The van der Waals surface area contributed by atoms with Crippen molar-refractivity contribution in [1.82, 2.24) is 20.0 Å². The maximum absolute atomic E-state index is 13.1. The number of nitrogens with zero attached hydrogens (tertiary/aromatic N) is 3. The zero-order valence-electron chi connectivity index (χ0n) is 15.8. The van der Waals surface area contributed by atoms with Gasteiger partial charge in [0.05, 0.1) is 23.9 Å². The maximum atomic E-state index is 13.1. The second-order valence-corrected chi connectivity index (χ2v) is 7.49. The number of carbonyl (C=O) groups is 3. The molecule has 1 atom stereocenters. The van der Waals surface area contributed by atoms with Gasteiger partial charge in [0.25, 0.3) is 5.91 Å². The van der Waals surface area contributed by atoms with E-state index in [1.165, 1.54) is 9.80 Å². The molecule has 2 heterocycles. The lowest BCUT2D eigenvalue weighted by Gasteiger charge is -2.31. The zero-order chi connectivity index (χ0) is 19.9. The molecular formula is C19H23ClN4O3. The number of hydrogen-bond acceptors (Lipinski definition) is 3. The number of likely N-dealkylation sites (N-methyl/N-ethyl adjacent to an activating group) is 2. The minimum absolute atomic E-state index is 0.0300. The lowest BCUT2D eigenvalue weighted by molar-refractivity contribution is -0.137. The van der Waals surface area contributed by atoms with Gasteiger partial charge in [0.15, 0.2) is 0 Å². The first-order valence-corrected chi connectivity index (χ1v) is 9.16. The Morgan fingerprint density at radius 2 is 2.00 bits per heavy atom. The number of carbonyl (C=O) groups excluding carboxylic acids is 3. The molecule has 27 heavy (non-hydrogen) atoms. The number of benzene rings is 1. The number of nitrogens with one attached hydrogen (secondary N) is 1. The van der Waals surface area contributed by atoms with Crippen molar-refractivity contribution in [2.24, 2.45) is 0 Å². The molecule has 0 spiro atoms. The first-order valence-electron chi connectivity index (χ1n) is 8.79. The molecule has 8 heteroatoms. The topological polar surface area (TPSA) is 73.0 Å². The fourth-order valence-electron chi connectivity index (χ4n) is 3.26. The Morgan fingerprint density at radius 3 is 2.63 bits per heavy atom. The van der Waals surface area contributed by atoms with Crippen LogP contribution in [0.5, 0.6) is 0 Å². The molecule has 4 amide bonds. The summed E-state index contributed by atoms with van der Waals surface area (Å²) in [5.74, 6) is -0.401. The Labute approximate surface area is 163 Å². The summed E-state index contributed by atoms with van der Waals surface area (Å²) < 4.78 is 0. The molecule has 0 aromatic heterocycles. The highest BCUT2D eigenvalue weighted by molar-refractivity contribution is 6.31. The number of amides is 4. The fraction of sp³-hybridized carbons (Fsp3) is 0.421. The molecule has 1 N–H and O–H groups in total. The Hall–Kier alpha value is -2.54. The van der Waals surface area contributed by atoms with Crippen LogP contribution < -0.4 is 5.32 Å². The second-order valence-electron chi connectivity index (χ2n) is 7.08. The van der Waals surface area contributed by atoms with E-state index in [1.54, 1.807) is 37.2 Å². The molecule has 1 aromatic carbocycles. The standard InChI is InChI=1S/C19H23ClN4O3/c1-11(2)22(3)15(25)10-24-9-14-16(18(24)26)17(21-19(27)23(14)4)12-7-5-6-8-13(12)20/h5-8,11,17H,9-10H2,1-4H3,(H,21,27)/t17-/m1/s1. The second kappa shape index (κ2) is 7.23. The largest absolute Gasteiger partial charge is 0.342 e. The molecule has 1 aromatic rings. The summed E-state index contributed by atoms with van der Waals surface area (Å²) in [5.41, 5.74) is 1.73. The van der Waals surface area contributed by atoms with E-state index in [4.69, 9.17) is 11.6 Å². The molecular weight excluding hydrogens is 368 g/mol. The van der Waals surface area contributed by atoms with E-state index >= 15 is 0 Å². The van der Waals surface area contributed by atoms with Gasteiger partial charge in [-0.3, -0.25) is 14.5 Å². The Kier molecular flexibility index (Phi) is 5.15. The minimum Gasteiger partial charge on any atom is -0.342 e. The van der Waals surface area contributed by atoms with Crippen molar-refractivity contribution in [3.8, 4) is 0 Å². The summed E-state index contributed by atoms with van der Waals surface area (Å²) in [5, 5.41) is 3.32. The highest BCUT2D eigenvalue weighted by Gasteiger charge is 2.43. The van der Waals surface area contributed by atoms with Crippen LogP contribution in [0.1, 0.15) is 25.5 Å². The zero-order valence-corrected chi connectivity index (χ0v) is 16.6. The molecule has 3 rings (SSSR count). The quantitative estimate of drug-likeness (QED) is 0.854. The van der Waals surface area contributed by atoms with Crippen LogP contribution in [-0.4, -0.2) is 65.8 Å². The molecule has 0 aliphatic carbocycles. The molecule has 0 bridgehead atoms. The van der Waals surface area contributed by atoms with E-state index in [1.807, 2.05) is 19.9 Å². The first-order chi connectivity index (χ1) is 12.7. The fourth-order valence-corrected chi connectivity index (χ4v) is 3.50. The van der Waals surface area contributed by atoms with Gasteiger partial charge in [0.1, 0.15) is 6.54 Å². The van der Waals surface area contributed by atoms with E-state index in [0.29, 0.717) is 21.9 Å². The molecule has 7 nitrogen and oxygen atoms in total. The van der Waals surface area contributed by atoms with Gasteiger partial charge in [-0.2, -0.15) is 0 Å². The van der Waals surface area contributed by atoms with Gasteiger partial charge in [0, 0.05) is 25.2 Å². The van der Waals surface area contributed by atoms with Crippen molar-refractivity contribution < 1.29 is 14.4 Å². The van der Waals surface area contributed by atoms with Gasteiger partial charge in [-0.25, -0.2) is 4.79 Å². The number of hydrogen-bond donors (Lipinski definition) is 1. The summed E-state index contributed by atoms with van der Waals surface area (Å²) in [6.45, 7) is 4.02. The number of halogens is 1. The Morgan fingerprint density at radius 1 is 1.33 bits per heavy atom. The van der Waals surface area contributed by atoms with Crippen LogP contribution in [0.2, 0.25) is 5.02 Å². The molecule has 2 aliphatic heterocycles. The Bertz CT molecular complexity index is 836. The minimum atomic E-state index is -0.632. The molecule has 0 fully saturated rings. The average Bonchev–Trinajstić information content (AvgIpc) is 2.95. The predicted octanol–water partition coefficient (Wildman–Crippen LogP) is 2.00. The van der Waals surface area contributed by atoms with Crippen LogP contribution in [0.4, 0.5) is 4.79 Å². The summed E-state index contributed by atoms with van der Waals surface area (Å²) >= 11 is 6.30. The normalized spacial score (nSPS) is 19.6. The van der Waals surface area contributed by atoms with Gasteiger partial charge in [-0.1, -0.05) is 29.8 Å². The van der Waals surface area contributed by atoms with Crippen LogP contribution in [0, 0.1) is 0 Å². The smallest absolute Gasteiger partial charge is 0.322 e. The average molecular weight is 391 g/mol. The third kappa shape index (κ3) is 3.39. The van der Waals surface area contributed by atoms with E-state index < -0.39 is 6.04 Å². The summed E-state index contributed by atoms with van der Waals surface area (Å²) in [4.78, 5) is 42.4. The van der Waals surface area contributed by atoms with Crippen molar-refractivity contribution in [3.63, 3.8) is 0 Å². The van der Waals surface area contributed by atoms with Gasteiger partial charge < -0.3 is 15.1 Å². The van der Waals surface area contributed by atoms with Crippen LogP contribution in [-0.2, 0) is 9.59 Å². The van der Waals surface area contributed by atoms with Gasteiger partial charge in [0.2, 0.25) is 5.91 Å². The molecule has 0 saturated carbocycles. The lowest BCUT2D eigenvalue weighted by Crippen LogP contribution is -2.45. The molecule has 0 unspecified atom stereocenters. The van der Waals surface area contributed by atoms with E-state index in [0.717, 1.165) is 0 Å². The molecule has 0 saturated heterocycles. The van der Waals surface area contributed by atoms with Crippen LogP contribution >= 0.6 is 11.6 Å². The monoisotopic (exact) mass is 390 g/mol. The summed E-state index contributed by atoms with van der Waals surface area (Å²) in [7, 11) is 3.33. The number of rotatable bonds is 4.